The van der Waals surface area contributed by atoms with E-state index in [1.807, 2.05) is 0 Å². The number of H-pyrrole nitrogens is 1. The summed E-state index contributed by atoms with van der Waals surface area (Å²) in [6.07, 6.45) is -0.252. The fourth-order valence-corrected chi connectivity index (χ4v) is 6.38. The second kappa shape index (κ2) is 11.8. The van der Waals surface area contributed by atoms with Crippen LogP contribution in [-0.2, 0) is 24.0 Å². The number of β-lactam (4-membered cyclic amide) rings is 1. The number of thiazole rings is 1. The molecule has 39 heavy (non-hydrogen) atoms. The van der Waals surface area contributed by atoms with Crippen molar-refractivity contribution in [1.29, 1.82) is 0 Å². The van der Waals surface area contributed by atoms with Crippen molar-refractivity contribution in [3.05, 3.63) is 38.9 Å². The van der Waals surface area contributed by atoms with Crippen molar-refractivity contribution in [2.45, 2.75) is 36.0 Å². The van der Waals surface area contributed by atoms with Gasteiger partial charge < -0.3 is 26.1 Å². The van der Waals surface area contributed by atoms with Crippen LogP contribution in [0.25, 0.3) is 0 Å². The molecule has 3 unspecified atom stereocenters. The number of hydrogen-bond acceptors (Lipinski definition) is 14. The number of nitrogens with zero attached hydrogens (tertiary/aromatic N) is 5. The van der Waals surface area contributed by atoms with Gasteiger partial charge in [0.1, 0.15) is 29.0 Å². The number of fused-ring (bicyclic) bond motifs is 1. The monoisotopic (exact) mass is 596 g/mol. The topological polar surface area (TPSA) is 243 Å². The van der Waals surface area contributed by atoms with Crippen LogP contribution in [0.4, 0.5) is 5.13 Å². The van der Waals surface area contributed by atoms with Gasteiger partial charge in [0, 0.05) is 16.9 Å². The largest absolute Gasteiger partial charge is 0.478 e. The van der Waals surface area contributed by atoms with Gasteiger partial charge in [0.25, 0.3) is 17.4 Å². The van der Waals surface area contributed by atoms with Crippen LogP contribution in [-0.4, -0.2) is 93.8 Å². The molecule has 2 amide bonds. The van der Waals surface area contributed by atoms with Gasteiger partial charge in [0.15, 0.2) is 16.0 Å². The zero-order valence-corrected chi connectivity index (χ0v) is 22.3. The first-order chi connectivity index (χ1) is 18.6. The van der Waals surface area contributed by atoms with E-state index in [0.29, 0.717) is 5.57 Å². The molecule has 0 aromatic carbocycles. The number of nitrogen functional groups attached to an aromatic ring is 1. The summed E-state index contributed by atoms with van der Waals surface area (Å²) in [6, 6.07) is -1.09. The molecule has 206 valence electrons. The average Bonchev–Trinajstić information content (AvgIpc) is 3.33. The van der Waals surface area contributed by atoms with Crippen molar-refractivity contribution >= 4 is 69.5 Å². The molecular weight excluding hydrogens is 576 g/mol. The Labute approximate surface area is 231 Å². The van der Waals surface area contributed by atoms with Gasteiger partial charge in [-0.25, -0.2) is 14.6 Å². The number of carboxylic acid groups (broad SMARTS) is 2. The lowest BCUT2D eigenvalue weighted by atomic mass is 10.0. The second-order valence-electron chi connectivity index (χ2n) is 7.90. The summed E-state index contributed by atoms with van der Waals surface area (Å²) in [5, 5.41) is 33.6. The Balaban J connectivity index is 1.51. The number of anilines is 1. The maximum Gasteiger partial charge on any atom is 0.352 e. The van der Waals surface area contributed by atoms with Crippen LogP contribution >= 0.6 is 34.9 Å². The van der Waals surface area contributed by atoms with Gasteiger partial charge in [-0.1, -0.05) is 23.8 Å². The zero-order chi connectivity index (χ0) is 28.3. The van der Waals surface area contributed by atoms with Crippen molar-refractivity contribution in [1.82, 2.24) is 30.4 Å². The van der Waals surface area contributed by atoms with Gasteiger partial charge in [-0.2, -0.15) is 5.10 Å². The Hall–Kier alpha value is -3.97. The number of amides is 2. The lowest BCUT2D eigenvalue weighted by Crippen LogP contribution is -2.71. The van der Waals surface area contributed by atoms with E-state index in [1.54, 1.807) is 6.92 Å². The van der Waals surface area contributed by atoms with Crippen LogP contribution in [0.1, 0.15) is 19.0 Å². The summed E-state index contributed by atoms with van der Waals surface area (Å²) in [5.74, 6) is -3.80. The highest BCUT2D eigenvalue weighted by molar-refractivity contribution is 8.01. The van der Waals surface area contributed by atoms with Crippen molar-refractivity contribution in [3.8, 4) is 0 Å². The normalized spacial score (nSPS) is 19.7. The Morgan fingerprint density at radius 3 is 2.77 bits per heavy atom. The minimum absolute atomic E-state index is 0.0163. The first kappa shape index (κ1) is 28.0. The Morgan fingerprint density at radius 1 is 1.38 bits per heavy atom. The number of carboxylic acids is 2. The number of nitrogens with one attached hydrogen (secondary N) is 2. The van der Waals surface area contributed by atoms with E-state index in [9.17, 15) is 34.2 Å². The van der Waals surface area contributed by atoms with Crippen molar-refractivity contribution < 1.29 is 34.2 Å². The van der Waals surface area contributed by atoms with Crippen molar-refractivity contribution in [3.63, 3.8) is 0 Å². The second-order valence-corrected chi connectivity index (χ2v) is 10.9. The molecule has 0 saturated carbocycles. The molecule has 16 nitrogen and oxygen atoms in total. The maximum atomic E-state index is 13.1. The summed E-state index contributed by atoms with van der Waals surface area (Å²) in [7, 11) is 0. The quantitative estimate of drug-likeness (QED) is 0.0934. The predicted molar refractivity (Wildman–Crippen MR) is 139 cm³/mol. The third-order valence-corrected chi connectivity index (χ3v) is 8.33. The van der Waals surface area contributed by atoms with E-state index in [4.69, 9.17) is 10.6 Å². The first-order valence-corrected chi connectivity index (χ1v) is 14.0. The van der Waals surface area contributed by atoms with Gasteiger partial charge in [0.2, 0.25) is 6.10 Å². The van der Waals surface area contributed by atoms with Crippen LogP contribution in [0.15, 0.2) is 38.0 Å². The average molecular weight is 597 g/mol. The summed E-state index contributed by atoms with van der Waals surface area (Å²) in [4.78, 5) is 73.5. The van der Waals surface area contributed by atoms with Gasteiger partial charge in [-0.15, -0.1) is 28.2 Å². The Bertz CT molecular complexity index is 1440. The van der Waals surface area contributed by atoms with E-state index >= 15 is 0 Å². The first-order valence-electron chi connectivity index (χ1n) is 11.0. The molecule has 0 spiro atoms. The predicted octanol–water partition coefficient (Wildman–Crippen LogP) is -0.682. The van der Waals surface area contributed by atoms with Gasteiger partial charge in [-0.05, 0) is 12.0 Å². The number of aromatic nitrogens is 4. The van der Waals surface area contributed by atoms with Gasteiger partial charge in [-0.3, -0.25) is 24.3 Å². The van der Waals surface area contributed by atoms with E-state index in [-0.39, 0.29) is 39.6 Å². The number of nitrogens with two attached hydrogens (primary N) is 1. The van der Waals surface area contributed by atoms with Gasteiger partial charge >= 0.3 is 11.9 Å². The fourth-order valence-electron chi connectivity index (χ4n) is 3.53. The van der Waals surface area contributed by atoms with E-state index in [0.717, 1.165) is 34.2 Å². The lowest BCUT2D eigenvalue weighted by molar-refractivity contribution is -0.151. The highest BCUT2D eigenvalue weighted by Crippen LogP contribution is 2.41. The molecule has 19 heteroatoms. The summed E-state index contributed by atoms with van der Waals surface area (Å²) < 4.78 is 0. The lowest BCUT2D eigenvalue weighted by Gasteiger charge is -2.49. The van der Waals surface area contributed by atoms with Gasteiger partial charge in [0.05, 0.1) is 0 Å². The van der Waals surface area contributed by atoms with E-state index in [1.165, 1.54) is 17.1 Å². The minimum Gasteiger partial charge on any atom is -0.478 e. The fraction of sp³-hybridized carbons (Fsp3) is 0.350. The number of carbonyl (C=O) groups is 4. The number of oxime groups is 1. The van der Waals surface area contributed by atoms with Crippen LogP contribution in [0.3, 0.4) is 0 Å². The third-order valence-electron chi connectivity index (χ3n) is 5.37. The molecule has 0 aliphatic carbocycles. The molecule has 4 rings (SSSR count). The highest BCUT2D eigenvalue weighted by atomic mass is 32.2. The van der Waals surface area contributed by atoms with Crippen LogP contribution in [0.5, 0.6) is 0 Å². The number of thioether (sulfide) groups is 2. The summed E-state index contributed by atoms with van der Waals surface area (Å²) >= 11 is 3.31. The standard InChI is InChI=1S/C20H20N8O8S3/c1-2-9(17(32)33)36-27-11(8-6-38-19(21)23-8)14(30)25-12-15(31)28-13(18(34)35)7(4-37-16(12)28)5-39-20-24-10(29)3-22-26-20/h3,6,9,12,16H,2,4-5H2,1H3,(H2,21,23)(H,25,30)(H,32,33)(H,34,35)(H,24,26,29)/b27-11+. The summed E-state index contributed by atoms with van der Waals surface area (Å²) in [6.45, 7) is 1.56. The zero-order valence-electron chi connectivity index (χ0n) is 19.9. The smallest absolute Gasteiger partial charge is 0.352 e. The molecule has 2 aromatic heterocycles. The van der Waals surface area contributed by atoms with E-state index < -0.39 is 52.5 Å². The van der Waals surface area contributed by atoms with Crippen LogP contribution < -0.4 is 16.6 Å². The number of rotatable bonds is 11. The molecule has 4 heterocycles. The molecule has 0 bridgehead atoms. The van der Waals surface area contributed by atoms with Crippen molar-refractivity contribution in [2.75, 3.05) is 17.2 Å². The molecule has 0 radical (unpaired) electrons. The number of aliphatic carboxylic acids is 2. The number of carbonyl (C=O) groups excluding carboxylic acids is 2. The molecule has 2 aromatic rings. The molecule has 1 fully saturated rings. The number of hydrogen-bond donors (Lipinski definition) is 5. The molecule has 1 saturated heterocycles. The van der Waals surface area contributed by atoms with E-state index in [2.05, 4.69) is 30.6 Å². The van der Waals surface area contributed by atoms with Crippen molar-refractivity contribution in [2.24, 2.45) is 5.16 Å². The van der Waals surface area contributed by atoms with Crippen LogP contribution in [0, 0.1) is 0 Å². The molecule has 3 atom stereocenters. The molecule has 2 aliphatic heterocycles. The third kappa shape index (κ3) is 6.04. The number of aromatic amines is 1. The van der Waals surface area contributed by atoms with Crippen LogP contribution in [0.2, 0.25) is 0 Å². The Kier molecular flexibility index (Phi) is 8.51. The summed E-state index contributed by atoms with van der Waals surface area (Å²) in [5.41, 5.74) is 5.02. The molecule has 2 aliphatic rings. The minimum atomic E-state index is -1.32. The Morgan fingerprint density at radius 2 is 2.15 bits per heavy atom. The SMILES string of the molecule is CCC(O/N=C(/C(=O)NC1C(=O)N2C(C(=O)O)=C(CSc3nncc(=O)[nH]3)CSC12)c1csc(N)n1)C(=O)O. The maximum absolute atomic E-state index is 13.1. The highest BCUT2D eigenvalue weighted by Gasteiger charge is 2.54. The molecule has 6 N–H and O–H groups in total. The molecular formula is C20H20N8O8S3.